The fourth-order valence-electron chi connectivity index (χ4n) is 1.71. The zero-order valence-electron chi connectivity index (χ0n) is 9.41. The molecule has 0 atom stereocenters. The molecule has 1 aromatic rings. The van der Waals surface area contributed by atoms with Gasteiger partial charge in [-0.15, -0.1) is 30.4 Å². The summed E-state index contributed by atoms with van der Waals surface area (Å²) >= 11 is 18.9. The third kappa shape index (κ3) is 2.98. The van der Waals surface area contributed by atoms with Gasteiger partial charge in [0.05, 0.1) is 0 Å². The largest absolute Gasteiger partial charge is 0.347 e. The lowest BCUT2D eigenvalue weighted by molar-refractivity contribution is 0.0326. The van der Waals surface area contributed by atoms with Crippen LogP contribution in [0.1, 0.15) is 6.42 Å². The summed E-state index contributed by atoms with van der Waals surface area (Å²) in [5.41, 5.74) is 3.21. The summed E-state index contributed by atoms with van der Waals surface area (Å²) in [6.45, 7) is 1.72. The number of thiol groups is 2. The van der Waals surface area contributed by atoms with E-state index in [1.807, 2.05) is 23.4 Å². The first-order valence-corrected chi connectivity index (χ1v) is 7.02. The maximum absolute atomic E-state index is 5.18. The van der Waals surface area contributed by atoms with E-state index in [9.17, 15) is 0 Å². The summed E-state index contributed by atoms with van der Waals surface area (Å²) in [4.78, 5) is 3.08. The maximum Gasteiger partial charge on any atom is 0.171 e. The fourth-order valence-corrected chi connectivity index (χ4v) is 2.46. The molecule has 2 heterocycles. The molecular formula is C9H13N5S4. The van der Waals surface area contributed by atoms with Crippen LogP contribution in [0.5, 0.6) is 0 Å². The van der Waals surface area contributed by atoms with Gasteiger partial charge >= 0.3 is 0 Å². The molecule has 2 rings (SSSR count). The highest BCUT2D eigenvalue weighted by molar-refractivity contribution is 8.12. The normalized spacial score (nSPS) is 15.7. The van der Waals surface area contributed by atoms with Crippen LogP contribution in [0.2, 0.25) is 0 Å². The molecule has 1 saturated heterocycles. The van der Waals surface area contributed by atoms with Gasteiger partial charge in [-0.3, -0.25) is 0 Å². The number of rotatable bonds is 2. The lowest BCUT2D eigenvalue weighted by atomic mass is 10.5. The van der Waals surface area contributed by atoms with Crippen LogP contribution in [-0.2, 0) is 0 Å². The molecule has 5 nitrogen and oxygen atoms in total. The minimum Gasteiger partial charge on any atom is -0.347 e. The lowest BCUT2D eigenvalue weighted by Crippen LogP contribution is -2.58. The van der Waals surface area contributed by atoms with Gasteiger partial charge in [0.2, 0.25) is 0 Å². The van der Waals surface area contributed by atoms with E-state index in [4.69, 9.17) is 24.4 Å². The molecule has 18 heavy (non-hydrogen) atoms. The van der Waals surface area contributed by atoms with E-state index in [1.54, 1.807) is 10.1 Å². The number of nitrogens with zero attached hydrogens (tertiary/aromatic N) is 3. The Morgan fingerprint density at radius 1 is 1.33 bits per heavy atom. The number of hydrazine groups is 3. The predicted octanol–water partition coefficient (Wildman–Crippen LogP) is 1.59. The van der Waals surface area contributed by atoms with Crippen molar-refractivity contribution in [1.29, 1.82) is 0 Å². The van der Waals surface area contributed by atoms with Crippen molar-refractivity contribution >= 4 is 64.2 Å². The third-order valence-corrected chi connectivity index (χ3v) is 3.13. The fraction of sp³-hybridized carbons (Fsp3) is 0.333. The van der Waals surface area contributed by atoms with Crippen LogP contribution in [-0.4, -0.2) is 37.0 Å². The van der Waals surface area contributed by atoms with Crippen molar-refractivity contribution in [1.82, 2.24) is 20.6 Å². The van der Waals surface area contributed by atoms with Crippen LogP contribution < -0.4 is 10.4 Å². The zero-order chi connectivity index (χ0) is 13.1. The molecule has 1 aliphatic rings. The number of hydrogen-bond acceptors (Lipinski definition) is 4. The molecule has 9 heteroatoms. The van der Waals surface area contributed by atoms with E-state index in [-0.39, 0.29) is 0 Å². The Morgan fingerprint density at radius 2 is 2.11 bits per heavy atom. The lowest BCUT2D eigenvalue weighted by Gasteiger charge is -2.39. The molecule has 0 saturated carbocycles. The van der Waals surface area contributed by atoms with Crippen LogP contribution >= 0.6 is 49.7 Å². The van der Waals surface area contributed by atoms with Crippen molar-refractivity contribution < 1.29 is 0 Å². The molecule has 98 valence electrons. The highest BCUT2D eigenvalue weighted by atomic mass is 32.1. The van der Waals surface area contributed by atoms with Crippen molar-refractivity contribution in [2.45, 2.75) is 6.42 Å². The first kappa shape index (κ1) is 14.1. The summed E-state index contributed by atoms with van der Waals surface area (Å²) in [6, 6.07) is 3.77. The number of aromatic amines is 1. The number of anilines is 1. The first-order chi connectivity index (χ1) is 8.61. The number of hydrogen-bond donors (Lipinski definition) is 4. The van der Waals surface area contributed by atoms with Crippen LogP contribution in [0.4, 0.5) is 5.82 Å². The summed E-state index contributed by atoms with van der Waals surface area (Å²) < 4.78 is 0.762. The van der Waals surface area contributed by atoms with Gasteiger partial charge in [-0.05, 0) is 30.8 Å². The van der Waals surface area contributed by atoms with Gasteiger partial charge < -0.3 is 4.98 Å². The number of nitrogens with one attached hydrogen (secondary N) is 2. The highest BCUT2D eigenvalue weighted by Crippen LogP contribution is 2.20. The topological polar surface area (TPSA) is 37.5 Å². The molecule has 0 radical (unpaired) electrons. The smallest absolute Gasteiger partial charge is 0.171 e. The second-order valence-electron chi connectivity index (χ2n) is 3.61. The van der Waals surface area contributed by atoms with Crippen molar-refractivity contribution in [2.75, 3.05) is 18.1 Å². The van der Waals surface area contributed by atoms with E-state index in [0.717, 1.165) is 25.3 Å². The van der Waals surface area contributed by atoms with Crippen molar-refractivity contribution in [3.05, 3.63) is 18.3 Å². The zero-order valence-corrected chi connectivity index (χ0v) is 12.8. The summed E-state index contributed by atoms with van der Waals surface area (Å²) in [5, 5.41) is 5.25. The van der Waals surface area contributed by atoms with Crippen molar-refractivity contribution in [3.63, 3.8) is 0 Å². The second kappa shape index (κ2) is 6.22. The second-order valence-corrected chi connectivity index (χ2v) is 5.83. The molecular weight excluding hydrogens is 306 g/mol. The summed E-state index contributed by atoms with van der Waals surface area (Å²) in [6.07, 6.45) is 2.84. The Kier molecular flexibility index (Phi) is 4.87. The van der Waals surface area contributed by atoms with Crippen molar-refractivity contribution in [2.24, 2.45) is 0 Å². The van der Waals surface area contributed by atoms with E-state index >= 15 is 0 Å². The van der Waals surface area contributed by atoms with Gasteiger partial charge in [0.1, 0.15) is 5.82 Å². The number of H-pyrrole nitrogens is 1. The Hall–Kier alpha value is -0.320. The van der Waals surface area contributed by atoms with E-state index in [0.29, 0.717) is 8.64 Å². The average Bonchev–Trinajstić information content (AvgIpc) is 2.97. The Labute approximate surface area is 127 Å². The molecule has 0 bridgehead atoms. The summed E-state index contributed by atoms with van der Waals surface area (Å²) in [5.74, 6) is 0.778. The van der Waals surface area contributed by atoms with Gasteiger partial charge in [0.25, 0.3) is 0 Å². The third-order valence-electron chi connectivity index (χ3n) is 2.42. The molecule has 1 aliphatic heterocycles. The Balaban J connectivity index is 2.31. The van der Waals surface area contributed by atoms with Crippen LogP contribution in [0.15, 0.2) is 18.3 Å². The highest BCUT2D eigenvalue weighted by Gasteiger charge is 2.28. The van der Waals surface area contributed by atoms with Gasteiger partial charge in [-0.25, -0.2) is 10.4 Å². The van der Waals surface area contributed by atoms with Gasteiger partial charge in [0.15, 0.2) is 8.64 Å². The Morgan fingerprint density at radius 3 is 2.56 bits per heavy atom. The number of aromatic nitrogens is 1. The molecule has 1 aromatic heterocycles. The Bertz CT molecular complexity index is 428. The molecule has 0 aliphatic carbocycles. The van der Waals surface area contributed by atoms with E-state index in [2.05, 4.69) is 35.7 Å². The average molecular weight is 320 g/mol. The molecule has 0 aromatic carbocycles. The van der Waals surface area contributed by atoms with Crippen LogP contribution in [0, 0.1) is 0 Å². The molecule has 0 amide bonds. The van der Waals surface area contributed by atoms with Gasteiger partial charge in [0, 0.05) is 19.3 Å². The quantitative estimate of drug-likeness (QED) is 0.377. The van der Waals surface area contributed by atoms with Gasteiger partial charge in [-0.1, -0.05) is 12.2 Å². The molecule has 0 spiro atoms. The molecule has 1 fully saturated rings. The SMILES string of the molecule is S=C(S)N(c1ccc[nH]1)N(C(=S)S)N1CCCN1. The van der Waals surface area contributed by atoms with Crippen LogP contribution in [0.25, 0.3) is 0 Å². The van der Waals surface area contributed by atoms with E-state index in [1.165, 1.54) is 0 Å². The minimum absolute atomic E-state index is 0.377. The van der Waals surface area contributed by atoms with Gasteiger partial charge in [-0.2, -0.15) is 5.12 Å². The molecule has 0 unspecified atom stereocenters. The minimum atomic E-state index is 0.377. The number of thiocarbonyl (C=S) groups is 2. The summed E-state index contributed by atoms with van der Waals surface area (Å²) in [7, 11) is 0. The maximum atomic E-state index is 5.18. The van der Waals surface area contributed by atoms with E-state index < -0.39 is 0 Å². The van der Waals surface area contributed by atoms with Crippen LogP contribution in [0.3, 0.4) is 0 Å². The molecule has 2 N–H and O–H groups in total. The monoisotopic (exact) mass is 319 g/mol. The standard InChI is InChI=1S/C9H13N5S4/c15-8(16)13(7-3-1-4-10-7)14(9(17)18)12-6-2-5-11-12/h1,3-4,10-11H,2,5-6H2,(H,15,16)(H,17,18). The predicted molar refractivity (Wildman–Crippen MR) is 87.6 cm³/mol. The van der Waals surface area contributed by atoms with Crippen molar-refractivity contribution in [3.8, 4) is 0 Å². The first-order valence-electron chi connectivity index (χ1n) is 5.31.